The van der Waals surface area contributed by atoms with Crippen molar-refractivity contribution in [3.8, 4) is 11.5 Å². The molecule has 0 aliphatic rings. The third-order valence-corrected chi connectivity index (χ3v) is 15.8. The number of ether oxygens (including phenoxy) is 2. The highest BCUT2D eigenvalue weighted by Gasteiger charge is 2.20. The molecular formula is C63H49N3O8S2. The minimum Gasteiger partial charge on any atom is -0.423 e. The quantitative estimate of drug-likeness (QED) is 0.0253. The van der Waals surface area contributed by atoms with Gasteiger partial charge in [-0.15, -0.1) is 0 Å². The van der Waals surface area contributed by atoms with Gasteiger partial charge >= 0.3 is 11.9 Å². The van der Waals surface area contributed by atoms with Gasteiger partial charge in [-0.25, -0.2) is 31.4 Å². The molecule has 0 saturated heterocycles. The number of benzene rings is 9. The summed E-state index contributed by atoms with van der Waals surface area (Å²) < 4.78 is 64.0. The van der Waals surface area contributed by atoms with E-state index in [9.17, 15) is 26.4 Å². The van der Waals surface area contributed by atoms with Crippen molar-refractivity contribution in [2.24, 2.45) is 5.10 Å². The summed E-state index contributed by atoms with van der Waals surface area (Å²) in [5.41, 5.74) is 9.39. The Morgan fingerprint density at radius 3 is 1.03 bits per heavy atom. The molecule has 0 saturated carbocycles. The van der Waals surface area contributed by atoms with Crippen molar-refractivity contribution >= 4 is 66.3 Å². The van der Waals surface area contributed by atoms with Gasteiger partial charge in [0.05, 0.1) is 37.2 Å². The lowest BCUT2D eigenvalue weighted by atomic mass is 10.0. The Hall–Kier alpha value is -9.43. The van der Waals surface area contributed by atoms with E-state index < -0.39 is 31.6 Å². The van der Waals surface area contributed by atoms with Crippen LogP contribution in [0.2, 0.25) is 0 Å². The number of hydrogen-bond acceptors (Lipinski definition) is 11. The van der Waals surface area contributed by atoms with Crippen LogP contribution in [-0.4, -0.2) is 35.0 Å². The van der Waals surface area contributed by atoms with Crippen molar-refractivity contribution in [2.75, 3.05) is 9.91 Å². The van der Waals surface area contributed by atoms with E-state index in [1.165, 1.54) is 48.5 Å². The van der Waals surface area contributed by atoms with Gasteiger partial charge in [-0.3, -0.25) is 0 Å². The summed E-state index contributed by atoms with van der Waals surface area (Å²) in [7, 11) is -7.65. The summed E-state index contributed by atoms with van der Waals surface area (Å²) in [6.45, 7) is 6.76. The molecular weight excluding hydrogens is 991 g/mol. The molecule has 0 bridgehead atoms. The van der Waals surface area contributed by atoms with Gasteiger partial charge in [-0.1, -0.05) is 110 Å². The van der Waals surface area contributed by atoms with Crippen LogP contribution in [-0.2, 0) is 42.1 Å². The van der Waals surface area contributed by atoms with Gasteiger partial charge < -0.3 is 14.4 Å². The van der Waals surface area contributed by atoms with E-state index in [4.69, 9.17) is 14.6 Å². The minimum atomic E-state index is -3.83. The first kappa shape index (κ1) is 51.5. The maximum atomic E-state index is 13.5. The number of rotatable bonds is 19. The van der Waals surface area contributed by atoms with Crippen molar-refractivity contribution < 1.29 is 35.9 Å². The van der Waals surface area contributed by atoms with Crippen molar-refractivity contribution in [1.82, 2.24) is 0 Å². The lowest BCUT2D eigenvalue weighted by Crippen LogP contribution is -2.11. The summed E-state index contributed by atoms with van der Waals surface area (Å²) in [6.07, 6.45) is 5.03. The number of hydrogen-bond donors (Lipinski definition) is 0. The van der Waals surface area contributed by atoms with Gasteiger partial charge in [0.1, 0.15) is 11.5 Å². The molecule has 0 N–H and O–H groups in total. The van der Waals surface area contributed by atoms with E-state index in [0.29, 0.717) is 12.8 Å². The number of sulfone groups is 2. The number of nitrogens with zero attached hydrogens (tertiary/aromatic N) is 3. The minimum absolute atomic E-state index is 0.0758. The van der Waals surface area contributed by atoms with Crippen LogP contribution in [0.15, 0.2) is 281 Å². The van der Waals surface area contributed by atoms with Gasteiger partial charge in [-0.2, -0.15) is 5.10 Å². The standard InChI is InChI=1S/C63H49N3O8S2/c1-3-62(67)73-56-31-39-60(40-32-56)75(69,70)58-35-21-48(22-36-58)43-46-15-25-51(26-16-46)65(53-29-19-50(20-30-53)45-64-66(54-11-7-5-8-12-54)55-13-9-6-10-14-55)52-27-17-47(18-28-52)44-49-23-37-59(38-24-49)76(71,72)61-41-33-57(34-42-61)74-63(68)4-2/h3-42,45H,1-2,43-44H2. The molecule has 0 fully saturated rings. The SMILES string of the molecule is C=CC(=O)Oc1ccc(S(=O)(=O)c2ccc(Cc3ccc(N(c4ccc(C=NN(c5ccccc5)c5ccccc5)cc4)c4ccc(Cc5ccc(S(=O)(=O)c6ccc(OC(=O)C=C)cc6)cc5)cc4)cc3)cc2)cc1. The second kappa shape index (κ2) is 23.2. The van der Waals surface area contributed by atoms with Gasteiger partial charge in [0.15, 0.2) is 0 Å². The fourth-order valence-electron chi connectivity index (χ4n) is 8.23. The Labute approximate surface area is 442 Å². The third kappa shape index (κ3) is 12.3. The zero-order valence-corrected chi connectivity index (χ0v) is 42.6. The first-order chi connectivity index (χ1) is 36.9. The molecule has 0 aliphatic heterocycles. The smallest absolute Gasteiger partial charge is 0.335 e. The van der Waals surface area contributed by atoms with Crippen LogP contribution in [0.4, 0.5) is 28.4 Å². The predicted molar refractivity (Wildman–Crippen MR) is 298 cm³/mol. The predicted octanol–water partition coefficient (Wildman–Crippen LogP) is 13.4. The summed E-state index contributed by atoms with van der Waals surface area (Å²) in [5.74, 6) is -0.843. The molecule has 0 unspecified atom stereocenters. The first-order valence-corrected chi connectivity index (χ1v) is 26.9. The molecule has 76 heavy (non-hydrogen) atoms. The molecule has 0 aromatic heterocycles. The van der Waals surface area contributed by atoms with Gasteiger partial charge in [0.25, 0.3) is 0 Å². The number of esters is 2. The summed E-state index contributed by atoms with van der Waals surface area (Å²) in [4.78, 5) is 25.7. The Morgan fingerprint density at radius 1 is 0.395 bits per heavy atom. The lowest BCUT2D eigenvalue weighted by Gasteiger charge is -2.26. The number of carbonyl (C=O) groups is 2. The van der Waals surface area contributed by atoms with E-state index in [1.54, 1.807) is 24.3 Å². The van der Waals surface area contributed by atoms with E-state index in [1.807, 2.05) is 108 Å². The summed E-state index contributed by atoms with van der Waals surface area (Å²) in [6, 6.07) is 69.6. The third-order valence-electron chi connectivity index (χ3n) is 12.2. The van der Waals surface area contributed by atoms with E-state index in [2.05, 4.69) is 78.7 Å². The number of anilines is 5. The fourth-order valence-corrected chi connectivity index (χ4v) is 10.8. The second-order valence-electron chi connectivity index (χ2n) is 17.3. The molecule has 13 heteroatoms. The molecule has 9 rings (SSSR count). The summed E-state index contributed by atoms with van der Waals surface area (Å²) >= 11 is 0. The highest BCUT2D eigenvalue weighted by atomic mass is 32.2. The molecule has 9 aromatic rings. The van der Waals surface area contributed by atoms with Gasteiger partial charge in [0.2, 0.25) is 19.7 Å². The van der Waals surface area contributed by atoms with E-state index in [0.717, 1.165) is 68.4 Å². The monoisotopic (exact) mass is 1040 g/mol. The Morgan fingerprint density at radius 2 is 0.697 bits per heavy atom. The van der Waals surface area contributed by atoms with Gasteiger partial charge in [0, 0.05) is 29.2 Å². The lowest BCUT2D eigenvalue weighted by molar-refractivity contribution is -0.129. The average molecular weight is 1040 g/mol. The van der Waals surface area contributed by atoms with Crippen LogP contribution in [0.5, 0.6) is 11.5 Å². The molecule has 0 radical (unpaired) electrons. The molecule has 0 amide bonds. The molecule has 0 aliphatic carbocycles. The van der Waals surface area contributed by atoms with Crippen LogP contribution in [0.3, 0.4) is 0 Å². The average Bonchev–Trinajstić information content (AvgIpc) is 3.46. The molecule has 11 nitrogen and oxygen atoms in total. The number of carbonyl (C=O) groups excluding carboxylic acids is 2. The maximum Gasteiger partial charge on any atom is 0.335 e. The summed E-state index contributed by atoms with van der Waals surface area (Å²) in [5, 5.41) is 6.80. The van der Waals surface area contributed by atoms with Crippen molar-refractivity contribution in [3.63, 3.8) is 0 Å². The van der Waals surface area contributed by atoms with Gasteiger partial charge in [-0.05, 0) is 174 Å². The van der Waals surface area contributed by atoms with Crippen LogP contribution in [0.1, 0.15) is 27.8 Å². The van der Waals surface area contributed by atoms with Crippen LogP contribution in [0.25, 0.3) is 0 Å². The largest absolute Gasteiger partial charge is 0.423 e. The normalized spacial score (nSPS) is 11.4. The number of hydrazone groups is 1. The molecule has 0 spiro atoms. The number of para-hydroxylation sites is 2. The van der Waals surface area contributed by atoms with E-state index in [-0.39, 0.29) is 31.1 Å². The molecule has 0 atom stereocenters. The molecule has 0 heterocycles. The van der Waals surface area contributed by atoms with Crippen molar-refractivity contribution in [2.45, 2.75) is 32.4 Å². The van der Waals surface area contributed by atoms with Crippen LogP contribution >= 0.6 is 0 Å². The zero-order chi connectivity index (χ0) is 53.1. The fraction of sp³-hybridized carbons (Fsp3) is 0.0317. The Bertz CT molecular complexity index is 3520. The first-order valence-electron chi connectivity index (χ1n) is 24.0. The molecule has 9 aromatic carbocycles. The topological polar surface area (TPSA) is 140 Å². The maximum absolute atomic E-state index is 13.5. The van der Waals surface area contributed by atoms with Crippen LogP contribution in [0, 0.1) is 0 Å². The van der Waals surface area contributed by atoms with Crippen molar-refractivity contribution in [3.05, 3.63) is 284 Å². The highest BCUT2D eigenvalue weighted by molar-refractivity contribution is 7.91. The van der Waals surface area contributed by atoms with Crippen LogP contribution < -0.4 is 19.4 Å². The molecule has 376 valence electrons. The highest BCUT2D eigenvalue weighted by Crippen LogP contribution is 2.36. The Kier molecular flexibility index (Phi) is 15.7. The zero-order valence-electron chi connectivity index (χ0n) is 40.9. The Balaban J connectivity index is 0.940. The second-order valence-corrected chi connectivity index (χ2v) is 21.2. The van der Waals surface area contributed by atoms with Crippen molar-refractivity contribution in [1.29, 1.82) is 0 Å². The van der Waals surface area contributed by atoms with E-state index >= 15 is 0 Å².